The van der Waals surface area contributed by atoms with E-state index >= 15 is 0 Å². The molecule has 5 nitrogen and oxygen atoms in total. The highest BCUT2D eigenvalue weighted by Crippen LogP contribution is 2.36. The molecule has 18 heavy (non-hydrogen) atoms. The average molecular weight is 311 g/mol. The lowest BCUT2D eigenvalue weighted by Crippen LogP contribution is -1.99. The number of rotatable bonds is 3. The molecule has 6 heteroatoms. The maximum atomic E-state index is 10.9. The fourth-order valence-electron chi connectivity index (χ4n) is 1.74. The summed E-state index contributed by atoms with van der Waals surface area (Å²) in [6, 6.07) is 7.09. The van der Waals surface area contributed by atoms with Gasteiger partial charge >= 0.3 is 5.97 Å². The molecule has 2 rings (SSSR count). The molecule has 94 valence electrons. The molecular weight excluding hydrogens is 300 g/mol. The minimum absolute atomic E-state index is 0.00882. The van der Waals surface area contributed by atoms with Crippen LogP contribution < -0.4 is 4.74 Å². The molecule has 1 N–H and O–H groups in total. The van der Waals surface area contributed by atoms with E-state index in [1.54, 1.807) is 14.2 Å². The number of benzene rings is 1. The third-order valence-electron chi connectivity index (χ3n) is 2.55. The Kier molecular flexibility index (Phi) is 3.38. The van der Waals surface area contributed by atoms with Gasteiger partial charge in [0.2, 0.25) is 0 Å². The lowest BCUT2D eigenvalue weighted by Gasteiger charge is -2.10. The summed E-state index contributed by atoms with van der Waals surface area (Å²) in [4.78, 5) is 10.9. The summed E-state index contributed by atoms with van der Waals surface area (Å²) in [5.41, 5.74) is 1.48. The number of carboxylic acid groups (broad SMARTS) is 1. The molecule has 0 saturated carbocycles. The molecule has 1 aromatic heterocycles. The van der Waals surface area contributed by atoms with Crippen molar-refractivity contribution in [3.63, 3.8) is 0 Å². The van der Waals surface area contributed by atoms with Gasteiger partial charge in [0.05, 0.1) is 17.3 Å². The van der Waals surface area contributed by atoms with Gasteiger partial charge in [-0.25, -0.2) is 4.79 Å². The Hall–Kier alpha value is -1.82. The fourth-order valence-corrected chi connectivity index (χ4v) is 2.27. The van der Waals surface area contributed by atoms with Crippen molar-refractivity contribution in [2.75, 3.05) is 7.11 Å². The molecule has 0 aliphatic carbocycles. The Morgan fingerprint density at radius 3 is 2.78 bits per heavy atom. The number of methoxy groups -OCH3 is 1. The van der Waals surface area contributed by atoms with Crippen molar-refractivity contribution < 1.29 is 14.6 Å². The predicted octanol–water partition coefficient (Wildman–Crippen LogP) is 2.56. The Morgan fingerprint density at radius 1 is 1.50 bits per heavy atom. The molecule has 2 aromatic rings. The molecule has 0 spiro atoms. The molecule has 0 unspecified atom stereocenters. The van der Waals surface area contributed by atoms with E-state index in [1.807, 2.05) is 18.2 Å². The molecule has 1 aromatic carbocycles. The van der Waals surface area contributed by atoms with Crippen LogP contribution in [0.2, 0.25) is 0 Å². The van der Waals surface area contributed by atoms with Gasteiger partial charge in [0.15, 0.2) is 5.69 Å². The van der Waals surface area contributed by atoms with Gasteiger partial charge in [-0.05, 0) is 34.1 Å². The van der Waals surface area contributed by atoms with Crippen molar-refractivity contribution in [2.45, 2.75) is 0 Å². The zero-order valence-electron chi connectivity index (χ0n) is 9.85. The van der Waals surface area contributed by atoms with Crippen LogP contribution in [0.3, 0.4) is 0 Å². The zero-order chi connectivity index (χ0) is 13.3. The van der Waals surface area contributed by atoms with E-state index < -0.39 is 5.97 Å². The highest BCUT2D eigenvalue weighted by atomic mass is 79.9. The van der Waals surface area contributed by atoms with Crippen molar-refractivity contribution in [3.8, 4) is 17.0 Å². The Morgan fingerprint density at radius 2 is 2.22 bits per heavy atom. The van der Waals surface area contributed by atoms with Crippen LogP contribution in [0.5, 0.6) is 5.75 Å². The summed E-state index contributed by atoms with van der Waals surface area (Å²) in [6.45, 7) is 0. The van der Waals surface area contributed by atoms with Crippen LogP contribution in [-0.4, -0.2) is 28.0 Å². The Bertz CT molecular complexity index is 607. The first-order valence-electron chi connectivity index (χ1n) is 5.14. The fraction of sp³-hybridized carbons (Fsp3) is 0.167. The topological polar surface area (TPSA) is 64.3 Å². The van der Waals surface area contributed by atoms with Gasteiger partial charge in [-0.3, -0.25) is 4.68 Å². The SMILES string of the molecule is COc1c(Br)cccc1-c1cc(C(=O)O)nn1C. The summed E-state index contributed by atoms with van der Waals surface area (Å²) in [5, 5.41) is 12.9. The van der Waals surface area contributed by atoms with Crippen LogP contribution >= 0.6 is 15.9 Å². The third-order valence-corrected chi connectivity index (χ3v) is 3.17. The quantitative estimate of drug-likeness (QED) is 0.946. The van der Waals surface area contributed by atoms with E-state index in [4.69, 9.17) is 9.84 Å². The monoisotopic (exact) mass is 310 g/mol. The highest BCUT2D eigenvalue weighted by Gasteiger charge is 2.16. The van der Waals surface area contributed by atoms with Crippen LogP contribution in [0.1, 0.15) is 10.5 Å². The van der Waals surface area contributed by atoms with Crippen LogP contribution in [0.4, 0.5) is 0 Å². The van der Waals surface area contributed by atoms with E-state index in [0.29, 0.717) is 11.4 Å². The Labute approximate surface area is 112 Å². The zero-order valence-corrected chi connectivity index (χ0v) is 11.4. The van der Waals surface area contributed by atoms with E-state index in [0.717, 1.165) is 10.0 Å². The minimum Gasteiger partial charge on any atom is -0.495 e. The van der Waals surface area contributed by atoms with Gasteiger partial charge in [-0.2, -0.15) is 5.10 Å². The predicted molar refractivity (Wildman–Crippen MR) is 69.9 cm³/mol. The molecular formula is C12H11BrN2O3. The van der Waals surface area contributed by atoms with Gasteiger partial charge in [-0.15, -0.1) is 0 Å². The Balaban J connectivity index is 2.62. The first-order valence-corrected chi connectivity index (χ1v) is 5.94. The second kappa shape index (κ2) is 4.81. The number of ether oxygens (including phenoxy) is 1. The van der Waals surface area contributed by atoms with Crippen molar-refractivity contribution >= 4 is 21.9 Å². The summed E-state index contributed by atoms with van der Waals surface area (Å²) in [6.07, 6.45) is 0. The van der Waals surface area contributed by atoms with Crippen LogP contribution in [0.15, 0.2) is 28.7 Å². The second-order valence-electron chi connectivity index (χ2n) is 3.66. The normalized spacial score (nSPS) is 10.4. The summed E-state index contributed by atoms with van der Waals surface area (Å²) < 4.78 is 7.65. The number of hydrogen-bond acceptors (Lipinski definition) is 3. The smallest absolute Gasteiger partial charge is 0.356 e. The van der Waals surface area contributed by atoms with E-state index in [-0.39, 0.29) is 5.69 Å². The number of halogens is 1. The molecule has 0 radical (unpaired) electrons. The molecule has 1 heterocycles. The maximum Gasteiger partial charge on any atom is 0.356 e. The number of aromatic nitrogens is 2. The lowest BCUT2D eigenvalue weighted by molar-refractivity contribution is 0.0689. The highest BCUT2D eigenvalue weighted by molar-refractivity contribution is 9.10. The summed E-state index contributed by atoms with van der Waals surface area (Å²) >= 11 is 3.39. The van der Waals surface area contributed by atoms with Gasteiger partial charge < -0.3 is 9.84 Å². The summed E-state index contributed by atoms with van der Waals surface area (Å²) in [5.74, 6) is -0.400. The van der Waals surface area contributed by atoms with E-state index in [2.05, 4.69) is 21.0 Å². The van der Waals surface area contributed by atoms with Crippen molar-refractivity contribution in [2.24, 2.45) is 7.05 Å². The van der Waals surface area contributed by atoms with E-state index in [9.17, 15) is 4.79 Å². The second-order valence-corrected chi connectivity index (χ2v) is 4.52. The molecule has 0 bridgehead atoms. The first kappa shape index (κ1) is 12.6. The van der Waals surface area contributed by atoms with Gasteiger partial charge in [0.1, 0.15) is 5.75 Å². The van der Waals surface area contributed by atoms with Crippen molar-refractivity contribution in [1.82, 2.24) is 9.78 Å². The molecule has 0 fully saturated rings. The van der Waals surface area contributed by atoms with Crippen molar-refractivity contribution in [1.29, 1.82) is 0 Å². The first-order chi connectivity index (χ1) is 8.54. The van der Waals surface area contributed by atoms with Crippen LogP contribution in [-0.2, 0) is 7.05 Å². The molecule has 0 atom stereocenters. The largest absolute Gasteiger partial charge is 0.495 e. The number of hydrogen-bond donors (Lipinski definition) is 1. The third kappa shape index (κ3) is 2.11. The number of nitrogens with zero attached hydrogens (tertiary/aromatic N) is 2. The number of carbonyl (C=O) groups is 1. The molecule has 0 saturated heterocycles. The lowest BCUT2D eigenvalue weighted by atomic mass is 10.1. The summed E-state index contributed by atoms with van der Waals surface area (Å²) in [7, 11) is 3.26. The number of aryl methyl sites for hydroxylation is 1. The number of carboxylic acids is 1. The average Bonchev–Trinajstić information content (AvgIpc) is 2.71. The molecule has 0 aliphatic rings. The number of aromatic carboxylic acids is 1. The maximum absolute atomic E-state index is 10.9. The van der Waals surface area contributed by atoms with Gasteiger partial charge in [0.25, 0.3) is 0 Å². The van der Waals surface area contributed by atoms with Crippen molar-refractivity contribution in [3.05, 3.63) is 34.4 Å². The van der Waals surface area contributed by atoms with Crippen LogP contribution in [0, 0.1) is 0 Å². The minimum atomic E-state index is -1.05. The van der Waals surface area contributed by atoms with E-state index in [1.165, 1.54) is 10.7 Å². The number of para-hydroxylation sites is 1. The van der Waals surface area contributed by atoms with Gasteiger partial charge in [0, 0.05) is 12.6 Å². The molecule has 0 aliphatic heterocycles. The van der Waals surface area contributed by atoms with Gasteiger partial charge in [-0.1, -0.05) is 6.07 Å². The molecule has 0 amide bonds. The standard InChI is InChI=1S/C12H11BrN2O3/c1-15-10(6-9(14-15)12(16)17)7-4-3-5-8(13)11(7)18-2/h3-6H,1-2H3,(H,16,17). The van der Waals surface area contributed by atoms with Crippen LogP contribution in [0.25, 0.3) is 11.3 Å².